The van der Waals surface area contributed by atoms with Crippen molar-refractivity contribution in [2.45, 2.75) is 10.9 Å². The summed E-state index contributed by atoms with van der Waals surface area (Å²) in [6, 6.07) is 21.3. The van der Waals surface area contributed by atoms with Crippen molar-refractivity contribution >= 4 is 10.0 Å². The SMILES string of the molecule is O=S(=O)(NCC(c1ccc2c(c1)OCO2)N1CCOCC1)c1ccc(Oc2ccccc2)cc1. The van der Waals surface area contributed by atoms with Crippen molar-refractivity contribution < 1.29 is 27.4 Å². The van der Waals surface area contributed by atoms with E-state index in [0.717, 1.165) is 5.56 Å². The quantitative estimate of drug-likeness (QED) is 0.525. The zero-order chi connectivity index (χ0) is 23.4. The molecule has 0 saturated carbocycles. The summed E-state index contributed by atoms with van der Waals surface area (Å²) in [5, 5.41) is 0. The monoisotopic (exact) mass is 482 g/mol. The second kappa shape index (κ2) is 10.0. The molecule has 1 saturated heterocycles. The third kappa shape index (κ3) is 5.18. The van der Waals surface area contributed by atoms with Crippen LogP contribution in [0.1, 0.15) is 11.6 Å². The van der Waals surface area contributed by atoms with Gasteiger partial charge in [-0.05, 0) is 54.1 Å². The lowest BCUT2D eigenvalue weighted by molar-refractivity contribution is 0.0171. The molecule has 0 aromatic heterocycles. The minimum Gasteiger partial charge on any atom is -0.457 e. The second-order valence-corrected chi connectivity index (χ2v) is 9.78. The van der Waals surface area contributed by atoms with Gasteiger partial charge in [-0.3, -0.25) is 4.90 Å². The standard InChI is InChI=1S/C25H26N2O6S/c28-34(29,22-9-7-21(8-10-22)33-20-4-2-1-3-5-20)26-17-23(27-12-14-30-15-13-27)19-6-11-24-25(16-19)32-18-31-24/h1-11,16,23,26H,12-15,17-18H2. The van der Waals surface area contributed by atoms with E-state index in [0.29, 0.717) is 49.3 Å². The van der Waals surface area contributed by atoms with Gasteiger partial charge in [0.2, 0.25) is 16.8 Å². The van der Waals surface area contributed by atoms with Gasteiger partial charge in [0.25, 0.3) is 0 Å². The Labute approximate surface area is 199 Å². The molecule has 8 nitrogen and oxygen atoms in total. The first kappa shape index (κ1) is 22.7. The van der Waals surface area contributed by atoms with Crippen molar-refractivity contribution in [1.29, 1.82) is 0 Å². The number of hydrogen-bond donors (Lipinski definition) is 1. The molecular formula is C25H26N2O6S. The zero-order valence-corrected chi connectivity index (χ0v) is 19.4. The van der Waals surface area contributed by atoms with Gasteiger partial charge >= 0.3 is 0 Å². The van der Waals surface area contributed by atoms with Crippen molar-refractivity contribution in [3.8, 4) is 23.0 Å². The average Bonchev–Trinajstić information content (AvgIpc) is 3.34. The van der Waals surface area contributed by atoms with Crippen LogP contribution in [0.2, 0.25) is 0 Å². The Bertz CT molecular complexity index is 1210. The maximum Gasteiger partial charge on any atom is 0.240 e. The molecule has 2 heterocycles. The number of morpholine rings is 1. The fraction of sp³-hybridized carbons (Fsp3) is 0.280. The van der Waals surface area contributed by atoms with Crippen LogP contribution < -0.4 is 18.9 Å². The predicted molar refractivity (Wildman–Crippen MR) is 126 cm³/mol. The van der Waals surface area contributed by atoms with Gasteiger partial charge in [0.05, 0.1) is 18.1 Å². The molecule has 0 spiro atoms. The highest BCUT2D eigenvalue weighted by Gasteiger charge is 2.27. The van der Waals surface area contributed by atoms with E-state index in [1.807, 2.05) is 48.5 Å². The van der Waals surface area contributed by atoms with E-state index in [9.17, 15) is 8.42 Å². The molecule has 1 unspecified atom stereocenters. The fourth-order valence-corrected chi connectivity index (χ4v) is 5.09. The lowest BCUT2D eigenvalue weighted by atomic mass is 10.0. The normalized spacial score (nSPS) is 16.8. The molecular weight excluding hydrogens is 456 g/mol. The molecule has 1 fully saturated rings. The Morgan fingerprint density at radius 2 is 1.59 bits per heavy atom. The first-order chi connectivity index (χ1) is 16.6. The molecule has 3 aromatic rings. The third-order valence-electron chi connectivity index (χ3n) is 5.85. The van der Waals surface area contributed by atoms with Gasteiger partial charge < -0.3 is 18.9 Å². The highest BCUT2D eigenvalue weighted by atomic mass is 32.2. The van der Waals surface area contributed by atoms with Crippen LogP contribution in [0.5, 0.6) is 23.0 Å². The van der Waals surface area contributed by atoms with Crippen LogP contribution in [0.15, 0.2) is 77.7 Å². The number of nitrogens with one attached hydrogen (secondary N) is 1. The summed E-state index contributed by atoms with van der Waals surface area (Å²) in [5.74, 6) is 2.63. The summed E-state index contributed by atoms with van der Waals surface area (Å²) in [6.07, 6.45) is 0. The largest absolute Gasteiger partial charge is 0.457 e. The van der Waals surface area contributed by atoms with Gasteiger partial charge in [-0.25, -0.2) is 13.1 Å². The maximum absolute atomic E-state index is 13.1. The van der Waals surface area contributed by atoms with E-state index in [1.54, 1.807) is 24.3 Å². The van der Waals surface area contributed by atoms with Crippen molar-refractivity contribution in [2.75, 3.05) is 39.6 Å². The predicted octanol–water partition coefficient (Wildman–Crippen LogP) is 3.56. The minimum absolute atomic E-state index is 0.172. The zero-order valence-electron chi connectivity index (χ0n) is 18.6. The summed E-state index contributed by atoms with van der Waals surface area (Å²) in [5.41, 5.74) is 0.959. The Morgan fingerprint density at radius 1 is 0.882 bits per heavy atom. The number of hydrogen-bond acceptors (Lipinski definition) is 7. The molecule has 0 radical (unpaired) electrons. The van der Waals surface area contributed by atoms with Crippen LogP contribution in [-0.2, 0) is 14.8 Å². The number of sulfonamides is 1. The summed E-state index contributed by atoms with van der Waals surface area (Å²) in [7, 11) is -3.72. The Hall–Kier alpha value is -3.11. The van der Waals surface area contributed by atoms with Gasteiger partial charge in [0.1, 0.15) is 11.5 Å². The van der Waals surface area contributed by atoms with E-state index in [2.05, 4.69) is 9.62 Å². The molecule has 178 valence electrons. The number of rotatable bonds is 8. The van der Waals surface area contributed by atoms with Crippen LogP contribution >= 0.6 is 0 Å². The van der Waals surface area contributed by atoms with Gasteiger partial charge in [-0.1, -0.05) is 24.3 Å². The maximum atomic E-state index is 13.1. The molecule has 1 N–H and O–H groups in total. The molecule has 3 aromatic carbocycles. The first-order valence-corrected chi connectivity index (χ1v) is 12.6. The summed E-state index contributed by atoms with van der Waals surface area (Å²) in [4.78, 5) is 2.40. The van der Waals surface area contributed by atoms with E-state index < -0.39 is 10.0 Å². The van der Waals surface area contributed by atoms with Crippen molar-refractivity contribution in [1.82, 2.24) is 9.62 Å². The highest BCUT2D eigenvalue weighted by molar-refractivity contribution is 7.89. The molecule has 1 atom stereocenters. The molecule has 2 aliphatic heterocycles. The van der Waals surface area contributed by atoms with Crippen molar-refractivity contribution in [3.05, 3.63) is 78.4 Å². The lowest BCUT2D eigenvalue weighted by Gasteiger charge is -2.35. The summed E-state index contributed by atoms with van der Waals surface area (Å²) >= 11 is 0. The first-order valence-electron chi connectivity index (χ1n) is 11.1. The van der Waals surface area contributed by atoms with E-state index >= 15 is 0 Å². The molecule has 0 bridgehead atoms. The van der Waals surface area contributed by atoms with E-state index in [-0.39, 0.29) is 24.3 Å². The number of para-hydroxylation sites is 1. The number of benzene rings is 3. The van der Waals surface area contributed by atoms with Crippen molar-refractivity contribution in [2.24, 2.45) is 0 Å². The fourth-order valence-electron chi connectivity index (χ4n) is 4.05. The lowest BCUT2D eigenvalue weighted by Crippen LogP contribution is -2.43. The van der Waals surface area contributed by atoms with E-state index in [4.69, 9.17) is 18.9 Å². The summed E-state index contributed by atoms with van der Waals surface area (Å²) in [6.45, 7) is 3.05. The van der Waals surface area contributed by atoms with Gasteiger partial charge in [-0.2, -0.15) is 0 Å². The van der Waals surface area contributed by atoms with Crippen LogP contribution in [0.3, 0.4) is 0 Å². The highest BCUT2D eigenvalue weighted by Crippen LogP contribution is 2.35. The molecule has 5 rings (SSSR count). The van der Waals surface area contributed by atoms with E-state index in [1.165, 1.54) is 0 Å². The Kier molecular flexibility index (Phi) is 6.68. The Morgan fingerprint density at radius 3 is 2.35 bits per heavy atom. The molecule has 34 heavy (non-hydrogen) atoms. The van der Waals surface area contributed by atoms with Crippen molar-refractivity contribution in [3.63, 3.8) is 0 Å². The topological polar surface area (TPSA) is 86.3 Å². The van der Waals surface area contributed by atoms with Crippen LogP contribution in [0, 0.1) is 0 Å². The third-order valence-corrected chi connectivity index (χ3v) is 7.29. The number of fused-ring (bicyclic) bond motifs is 1. The molecule has 9 heteroatoms. The minimum atomic E-state index is -3.72. The van der Waals surface area contributed by atoms with Crippen LogP contribution in [0.25, 0.3) is 0 Å². The smallest absolute Gasteiger partial charge is 0.240 e. The summed E-state index contributed by atoms with van der Waals surface area (Å²) < 4.78 is 51.1. The number of ether oxygens (including phenoxy) is 4. The average molecular weight is 483 g/mol. The van der Waals surface area contributed by atoms with Crippen LogP contribution in [-0.4, -0.2) is 53.0 Å². The van der Waals surface area contributed by atoms with Gasteiger partial charge in [0, 0.05) is 25.7 Å². The van der Waals surface area contributed by atoms with Gasteiger partial charge in [-0.15, -0.1) is 0 Å². The molecule has 0 aliphatic carbocycles. The van der Waals surface area contributed by atoms with Gasteiger partial charge in [0.15, 0.2) is 11.5 Å². The number of nitrogens with zero attached hydrogens (tertiary/aromatic N) is 1. The Balaban J connectivity index is 1.31. The molecule has 0 amide bonds. The molecule has 2 aliphatic rings. The van der Waals surface area contributed by atoms with Crippen LogP contribution in [0.4, 0.5) is 0 Å². The second-order valence-electron chi connectivity index (χ2n) is 8.02.